The molecule has 1 fully saturated rings. The zero-order valence-corrected chi connectivity index (χ0v) is 14.0. The summed E-state index contributed by atoms with van der Waals surface area (Å²) in [5.74, 6) is 0.300. The van der Waals surface area contributed by atoms with Gasteiger partial charge in [0.1, 0.15) is 4.64 Å². The number of aromatic nitrogens is 3. The van der Waals surface area contributed by atoms with Crippen molar-refractivity contribution in [3.8, 4) is 11.3 Å². The first-order valence-electron chi connectivity index (χ1n) is 7.59. The number of aromatic amines is 1. The molecule has 3 rings (SSSR count). The van der Waals surface area contributed by atoms with Crippen LogP contribution in [0.15, 0.2) is 30.6 Å². The predicted octanol–water partition coefficient (Wildman–Crippen LogP) is 1.82. The van der Waals surface area contributed by atoms with Crippen LogP contribution in [0.1, 0.15) is 18.4 Å². The molecule has 7 nitrogen and oxygen atoms in total. The van der Waals surface area contributed by atoms with Crippen LogP contribution in [0.25, 0.3) is 17.0 Å². The lowest BCUT2D eigenvalue weighted by atomic mass is 10.1. The fraction of sp³-hybridized carbons (Fsp3) is 0.250. The van der Waals surface area contributed by atoms with Gasteiger partial charge in [0.15, 0.2) is 0 Å². The smallest absolute Gasteiger partial charge is 0.245 e. The Bertz CT molecular complexity index is 841. The Kier molecular flexibility index (Phi) is 4.57. The van der Waals surface area contributed by atoms with Crippen molar-refractivity contribution in [3.63, 3.8) is 0 Å². The second-order valence-electron chi connectivity index (χ2n) is 5.51. The van der Waals surface area contributed by atoms with E-state index in [9.17, 15) is 4.79 Å². The number of carbonyl (C=O) groups is 1. The molecule has 124 valence electrons. The molecule has 1 aliphatic rings. The normalized spacial score (nSPS) is 14.3. The van der Waals surface area contributed by atoms with Crippen LogP contribution in [0.2, 0.25) is 0 Å². The number of hydrogen-bond acceptors (Lipinski definition) is 6. The van der Waals surface area contributed by atoms with Gasteiger partial charge >= 0.3 is 0 Å². The number of carbonyl (C=O) groups excluding carboxylic acids is 1. The van der Waals surface area contributed by atoms with Crippen molar-refractivity contribution in [2.75, 3.05) is 12.4 Å². The van der Waals surface area contributed by atoms with E-state index in [1.54, 1.807) is 12.4 Å². The molecule has 0 aromatic carbocycles. The standard InChI is InChI=1S/C16H18N6OS/c1-18-12(23)8-11(17)13-14(9-4-6-19-7-5-9)21-16(22-15(13)24)20-10-2-3-10/h4-8,10H,2-3,17H2,1H3,(H,18,23)(H2,20,21,22,24)/b11-8-. The van der Waals surface area contributed by atoms with Crippen molar-refractivity contribution >= 4 is 29.8 Å². The van der Waals surface area contributed by atoms with Gasteiger partial charge in [0, 0.05) is 42.8 Å². The van der Waals surface area contributed by atoms with Gasteiger partial charge < -0.3 is 21.4 Å². The molecule has 2 heterocycles. The summed E-state index contributed by atoms with van der Waals surface area (Å²) < 4.78 is 0.335. The molecule has 1 aliphatic carbocycles. The van der Waals surface area contributed by atoms with E-state index in [1.165, 1.54) is 13.1 Å². The number of amides is 1. The van der Waals surface area contributed by atoms with Crippen LogP contribution in [0.5, 0.6) is 0 Å². The molecule has 0 spiro atoms. The summed E-state index contributed by atoms with van der Waals surface area (Å²) in [5.41, 5.74) is 8.47. The quantitative estimate of drug-likeness (QED) is 0.487. The molecular weight excluding hydrogens is 324 g/mol. The number of nitrogens with two attached hydrogens (primary N) is 1. The van der Waals surface area contributed by atoms with Crippen LogP contribution in [0, 0.1) is 4.64 Å². The second kappa shape index (κ2) is 6.79. The topological polar surface area (TPSA) is 109 Å². The van der Waals surface area contributed by atoms with Gasteiger partial charge in [0.05, 0.1) is 11.3 Å². The van der Waals surface area contributed by atoms with Gasteiger partial charge in [0.25, 0.3) is 0 Å². The first-order chi connectivity index (χ1) is 11.6. The molecule has 0 unspecified atom stereocenters. The monoisotopic (exact) mass is 342 g/mol. The molecule has 2 aromatic rings. The Morgan fingerprint density at radius 2 is 2.12 bits per heavy atom. The Morgan fingerprint density at radius 3 is 2.75 bits per heavy atom. The van der Waals surface area contributed by atoms with Crippen molar-refractivity contribution in [1.82, 2.24) is 20.3 Å². The maximum atomic E-state index is 11.6. The van der Waals surface area contributed by atoms with Crippen molar-refractivity contribution in [2.45, 2.75) is 18.9 Å². The first kappa shape index (κ1) is 16.1. The number of pyridine rings is 1. The second-order valence-corrected chi connectivity index (χ2v) is 5.90. The first-order valence-corrected chi connectivity index (χ1v) is 8.00. The van der Waals surface area contributed by atoms with Gasteiger partial charge in [-0.15, -0.1) is 0 Å². The van der Waals surface area contributed by atoms with Crippen LogP contribution in [0.3, 0.4) is 0 Å². The van der Waals surface area contributed by atoms with E-state index in [2.05, 4.69) is 25.6 Å². The van der Waals surface area contributed by atoms with Crippen LogP contribution in [-0.4, -0.2) is 33.9 Å². The summed E-state index contributed by atoms with van der Waals surface area (Å²) >= 11 is 5.43. The average Bonchev–Trinajstić information content (AvgIpc) is 3.38. The maximum absolute atomic E-state index is 11.6. The highest BCUT2D eigenvalue weighted by Gasteiger charge is 2.23. The maximum Gasteiger partial charge on any atom is 0.245 e. The van der Waals surface area contributed by atoms with Crippen LogP contribution >= 0.6 is 12.2 Å². The van der Waals surface area contributed by atoms with Crippen molar-refractivity contribution in [1.29, 1.82) is 0 Å². The minimum Gasteiger partial charge on any atom is -0.398 e. The highest BCUT2D eigenvalue weighted by atomic mass is 32.1. The summed E-state index contributed by atoms with van der Waals surface area (Å²) in [7, 11) is 1.54. The minimum atomic E-state index is -0.303. The molecule has 8 heteroatoms. The summed E-state index contributed by atoms with van der Waals surface area (Å²) in [6.07, 6.45) is 6.91. The summed E-state index contributed by atoms with van der Waals surface area (Å²) in [5, 5.41) is 5.80. The van der Waals surface area contributed by atoms with E-state index < -0.39 is 0 Å². The molecule has 1 amide bonds. The Hall–Kier alpha value is -2.74. The third kappa shape index (κ3) is 3.60. The largest absolute Gasteiger partial charge is 0.398 e. The zero-order chi connectivity index (χ0) is 17.1. The van der Waals surface area contributed by atoms with Crippen LogP contribution in [-0.2, 0) is 4.79 Å². The highest BCUT2D eigenvalue weighted by molar-refractivity contribution is 7.71. The summed E-state index contributed by atoms with van der Waals surface area (Å²) in [4.78, 5) is 23.3. The third-order valence-electron chi connectivity index (χ3n) is 3.63. The number of nitrogens with one attached hydrogen (secondary N) is 3. The minimum absolute atomic E-state index is 0.257. The number of hydrogen-bond donors (Lipinski definition) is 4. The summed E-state index contributed by atoms with van der Waals surface area (Å²) in [6, 6.07) is 4.12. The van der Waals surface area contributed by atoms with Gasteiger partial charge in [0.2, 0.25) is 11.9 Å². The molecule has 2 aromatic heterocycles. The van der Waals surface area contributed by atoms with Crippen LogP contribution in [0.4, 0.5) is 5.95 Å². The fourth-order valence-corrected chi connectivity index (χ4v) is 2.56. The molecule has 0 atom stereocenters. The lowest BCUT2D eigenvalue weighted by Gasteiger charge is -2.13. The average molecular weight is 342 g/mol. The van der Waals surface area contributed by atoms with Gasteiger partial charge in [-0.2, -0.15) is 0 Å². The van der Waals surface area contributed by atoms with E-state index in [0.29, 0.717) is 27.9 Å². The summed E-state index contributed by atoms with van der Waals surface area (Å²) in [6.45, 7) is 0. The SMILES string of the molecule is CNC(=O)/C=C(\N)c1c(-c2ccncc2)[nH]c(NC2CC2)nc1=S. The Morgan fingerprint density at radius 1 is 1.42 bits per heavy atom. The highest BCUT2D eigenvalue weighted by Crippen LogP contribution is 2.29. The Balaban J connectivity index is 2.14. The third-order valence-corrected chi connectivity index (χ3v) is 3.92. The molecule has 24 heavy (non-hydrogen) atoms. The van der Waals surface area contributed by atoms with Gasteiger partial charge in [-0.1, -0.05) is 12.2 Å². The molecule has 0 bridgehead atoms. The Labute approximate surface area is 144 Å². The lowest BCUT2D eigenvalue weighted by Crippen LogP contribution is -2.17. The molecule has 1 saturated carbocycles. The number of anilines is 1. The number of likely N-dealkylation sites (N-methyl/N-ethyl adjacent to an activating group) is 1. The van der Waals surface area contributed by atoms with Crippen molar-refractivity contribution in [3.05, 3.63) is 40.8 Å². The van der Waals surface area contributed by atoms with Crippen molar-refractivity contribution in [2.24, 2.45) is 5.73 Å². The van der Waals surface area contributed by atoms with Crippen LogP contribution < -0.4 is 16.4 Å². The van der Waals surface area contributed by atoms with Crippen molar-refractivity contribution < 1.29 is 4.79 Å². The van der Waals surface area contributed by atoms with Gasteiger partial charge in [-0.3, -0.25) is 9.78 Å². The zero-order valence-electron chi connectivity index (χ0n) is 13.2. The van der Waals surface area contributed by atoms with E-state index in [1.807, 2.05) is 12.1 Å². The van der Waals surface area contributed by atoms with E-state index in [-0.39, 0.29) is 11.6 Å². The predicted molar refractivity (Wildman–Crippen MR) is 95.5 cm³/mol. The molecule has 0 radical (unpaired) electrons. The number of rotatable bonds is 5. The number of H-pyrrole nitrogens is 1. The lowest BCUT2D eigenvalue weighted by molar-refractivity contribution is -0.116. The van der Waals surface area contributed by atoms with E-state index >= 15 is 0 Å². The fourth-order valence-electron chi connectivity index (χ4n) is 2.25. The molecule has 5 N–H and O–H groups in total. The van der Waals surface area contributed by atoms with E-state index in [0.717, 1.165) is 18.4 Å². The van der Waals surface area contributed by atoms with Gasteiger partial charge in [-0.25, -0.2) is 4.98 Å². The van der Waals surface area contributed by atoms with E-state index in [4.69, 9.17) is 18.0 Å². The molecule has 0 saturated heterocycles. The molecular formula is C16H18N6OS. The number of nitrogens with zero attached hydrogens (tertiary/aromatic N) is 2. The van der Waals surface area contributed by atoms with Gasteiger partial charge in [-0.05, 0) is 25.0 Å². The molecule has 0 aliphatic heterocycles.